The molecule has 0 aromatic heterocycles. The Labute approximate surface area is 132 Å². The third-order valence-corrected chi connectivity index (χ3v) is 4.12. The smallest absolute Gasteiger partial charge is 0.0509 e. The molecule has 0 heterocycles. The normalized spacial score (nSPS) is 10.5. The first kappa shape index (κ1) is 14.7. The molecule has 0 N–H and O–H groups in total. The number of hydrogen-bond donors (Lipinski definition) is 0. The second-order valence-corrected chi connectivity index (χ2v) is 5.94. The lowest BCUT2D eigenvalue weighted by Gasteiger charge is -2.22. The fourth-order valence-corrected chi connectivity index (χ4v) is 2.84. The van der Waals surface area contributed by atoms with Crippen LogP contribution in [0.25, 0.3) is 0 Å². The van der Waals surface area contributed by atoms with Gasteiger partial charge in [-0.15, -0.1) is 11.6 Å². The molecule has 0 atom stereocenters. The molecule has 0 saturated heterocycles. The van der Waals surface area contributed by atoms with E-state index in [1.54, 1.807) is 0 Å². The lowest BCUT2D eigenvalue weighted by atomic mass is 10.1. The lowest BCUT2D eigenvalue weighted by molar-refractivity contribution is 0.916. The Balaban J connectivity index is 2.22. The summed E-state index contributed by atoms with van der Waals surface area (Å²) in [5.41, 5.74) is 3.29. The summed E-state index contributed by atoms with van der Waals surface area (Å²) in [5.74, 6) is 0.416. The second kappa shape index (κ2) is 6.65. The van der Waals surface area contributed by atoms with Crippen LogP contribution in [0.3, 0.4) is 0 Å². The largest absolute Gasteiger partial charge is 0.370 e. The molecule has 2 aromatic rings. The summed E-state index contributed by atoms with van der Waals surface area (Å²) in [6.07, 6.45) is 0. The van der Waals surface area contributed by atoms with Crippen molar-refractivity contribution in [2.45, 2.75) is 12.4 Å². The number of anilines is 1. The molecule has 0 saturated carbocycles. The van der Waals surface area contributed by atoms with Gasteiger partial charge in [0.25, 0.3) is 0 Å². The summed E-state index contributed by atoms with van der Waals surface area (Å²) in [5, 5.41) is 0.718. The van der Waals surface area contributed by atoms with Gasteiger partial charge in [-0.25, -0.2) is 0 Å². The number of hydrogen-bond acceptors (Lipinski definition) is 1. The topological polar surface area (TPSA) is 3.24 Å². The molecular formula is C15H14BrCl2N. The van der Waals surface area contributed by atoms with Gasteiger partial charge in [0.1, 0.15) is 0 Å². The van der Waals surface area contributed by atoms with E-state index in [-0.39, 0.29) is 0 Å². The third-order valence-electron chi connectivity index (χ3n) is 2.97. The van der Waals surface area contributed by atoms with Gasteiger partial charge in [-0.1, -0.05) is 45.7 Å². The fourth-order valence-electron chi connectivity index (χ4n) is 1.99. The molecule has 2 aromatic carbocycles. The molecule has 0 spiro atoms. The predicted molar refractivity (Wildman–Crippen MR) is 87.3 cm³/mol. The van der Waals surface area contributed by atoms with Crippen molar-refractivity contribution in [2.24, 2.45) is 0 Å². The highest BCUT2D eigenvalue weighted by Crippen LogP contribution is 2.29. The van der Waals surface area contributed by atoms with Gasteiger partial charge in [-0.3, -0.25) is 0 Å². The predicted octanol–water partition coefficient (Wildman–Crippen LogP) is 5.48. The quantitative estimate of drug-likeness (QED) is 0.654. The monoisotopic (exact) mass is 357 g/mol. The highest BCUT2D eigenvalue weighted by Gasteiger charge is 2.10. The first-order chi connectivity index (χ1) is 9.11. The molecule has 0 radical (unpaired) electrons. The molecule has 0 aliphatic heterocycles. The first-order valence-corrected chi connectivity index (χ1v) is 7.61. The maximum absolute atomic E-state index is 6.18. The molecule has 19 heavy (non-hydrogen) atoms. The van der Waals surface area contributed by atoms with Crippen LogP contribution in [0.1, 0.15) is 11.1 Å². The number of rotatable bonds is 4. The van der Waals surface area contributed by atoms with Crippen molar-refractivity contribution in [1.82, 2.24) is 0 Å². The molecule has 100 valence electrons. The van der Waals surface area contributed by atoms with Crippen LogP contribution in [0.4, 0.5) is 5.69 Å². The molecule has 0 aliphatic rings. The minimum absolute atomic E-state index is 0.416. The van der Waals surface area contributed by atoms with Crippen LogP contribution in [0.2, 0.25) is 5.02 Å². The standard InChI is InChI=1S/C15H14BrCl2N/c1-19(10-11-5-7-12(16)8-6-11)15-4-2-3-14(18)13(15)9-17/h2-8H,9-10H2,1H3. The van der Waals surface area contributed by atoms with Crippen molar-refractivity contribution in [3.8, 4) is 0 Å². The number of alkyl halides is 1. The van der Waals surface area contributed by atoms with E-state index < -0.39 is 0 Å². The van der Waals surface area contributed by atoms with Crippen molar-refractivity contribution in [2.75, 3.05) is 11.9 Å². The second-order valence-electron chi connectivity index (χ2n) is 4.35. The van der Waals surface area contributed by atoms with Crippen LogP contribution in [0.15, 0.2) is 46.9 Å². The average Bonchev–Trinajstić information content (AvgIpc) is 2.41. The molecule has 0 aliphatic carbocycles. The molecule has 1 nitrogen and oxygen atoms in total. The SMILES string of the molecule is CN(Cc1ccc(Br)cc1)c1cccc(Cl)c1CCl. The molecule has 0 bridgehead atoms. The van der Waals surface area contributed by atoms with E-state index in [0.29, 0.717) is 5.88 Å². The minimum Gasteiger partial charge on any atom is -0.370 e. The summed E-state index contributed by atoms with van der Waals surface area (Å²) >= 11 is 15.6. The molecule has 2 rings (SSSR count). The summed E-state index contributed by atoms with van der Waals surface area (Å²) in [4.78, 5) is 2.16. The van der Waals surface area contributed by atoms with Crippen molar-refractivity contribution < 1.29 is 0 Å². The highest BCUT2D eigenvalue weighted by molar-refractivity contribution is 9.10. The van der Waals surface area contributed by atoms with Gasteiger partial charge in [-0.2, -0.15) is 0 Å². The average molecular weight is 359 g/mol. The van der Waals surface area contributed by atoms with E-state index in [1.165, 1.54) is 5.56 Å². The zero-order chi connectivity index (χ0) is 13.8. The molecule has 0 amide bonds. The Morgan fingerprint density at radius 1 is 1.11 bits per heavy atom. The van der Waals surface area contributed by atoms with E-state index in [2.05, 4.69) is 33.0 Å². The van der Waals surface area contributed by atoms with Gasteiger partial charge in [0.05, 0.1) is 5.88 Å². The Kier molecular flexibility index (Phi) is 5.14. The van der Waals surface area contributed by atoms with Gasteiger partial charge in [0, 0.05) is 34.3 Å². The van der Waals surface area contributed by atoms with Crippen molar-refractivity contribution in [1.29, 1.82) is 0 Å². The first-order valence-electron chi connectivity index (χ1n) is 5.90. The van der Waals surface area contributed by atoms with Crippen LogP contribution < -0.4 is 4.90 Å². The van der Waals surface area contributed by atoms with Gasteiger partial charge >= 0.3 is 0 Å². The highest BCUT2D eigenvalue weighted by atomic mass is 79.9. The van der Waals surface area contributed by atoms with Crippen molar-refractivity contribution >= 4 is 44.8 Å². The van der Waals surface area contributed by atoms with Gasteiger partial charge < -0.3 is 4.90 Å². The number of halogens is 3. The molecule has 4 heteroatoms. The number of nitrogens with zero attached hydrogens (tertiary/aromatic N) is 1. The van der Waals surface area contributed by atoms with Crippen LogP contribution in [0, 0.1) is 0 Å². The maximum Gasteiger partial charge on any atom is 0.0509 e. The van der Waals surface area contributed by atoms with E-state index in [0.717, 1.165) is 27.3 Å². The van der Waals surface area contributed by atoms with Crippen molar-refractivity contribution in [3.63, 3.8) is 0 Å². The van der Waals surface area contributed by atoms with Crippen molar-refractivity contribution in [3.05, 3.63) is 63.1 Å². The van der Waals surface area contributed by atoms with Crippen LogP contribution in [0.5, 0.6) is 0 Å². The summed E-state index contributed by atoms with van der Waals surface area (Å²) in [6.45, 7) is 0.817. The Hall–Kier alpha value is -0.700. The van der Waals surface area contributed by atoms with Gasteiger partial charge in [0.2, 0.25) is 0 Å². The number of benzene rings is 2. The molecular weight excluding hydrogens is 345 g/mol. The molecule has 0 unspecified atom stereocenters. The van der Waals surface area contributed by atoms with E-state index in [1.807, 2.05) is 37.4 Å². The zero-order valence-corrected chi connectivity index (χ0v) is 13.6. The Bertz CT molecular complexity index is 555. The van der Waals surface area contributed by atoms with E-state index in [4.69, 9.17) is 23.2 Å². The third kappa shape index (κ3) is 3.65. The Morgan fingerprint density at radius 2 is 1.79 bits per heavy atom. The molecule has 0 fully saturated rings. The van der Waals surface area contributed by atoms with Crippen LogP contribution in [-0.2, 0) is 12.4 Å². The summed E-state index contributed by atoms with van der Waals surface area (Å²) < 4.78 is 1.09. The van der Waals surface area contributed by atoms with Gasteiger partial charge in [-0.05, 0) is 29.8 Å². The summed E-state index contributed by atoms with van der Waals surface area (Å²) in [6, 6.07) is 14.2. The lowest BCUT2D eigenvalue weighted by Crippen LogP contribution is -2.17. The summed E-state index contributed by atoms with van der Waals surface area (Å²) in [7, 11) is 2.05. The van der Waals surface area contributed by atoms with E-state index >= 15 is 0 Å². The van der Waals surface area contributed by atoms with Gasteiger partial charge in [0.15, 0.2) is 0 Å². The van der Waals surface area contributed by atoms with Crippen LogP contribution >= 0.6 is 39.1 Å². The van der Waals surface area contributed by atoms with E-state index in [9.17, 15) is 0 Å². The maximum atomic E-state index is 6.18. The Morgan fingerprint density at radius 3 is 2.42 bits per heavy atom. The minimum atomic E-state index is 0.416. The zero-order valence-electron chi connectivity index (χ0n) is 10.5. The van der Waals surface area contributed by atoms with Crippen LogP contribution in [-0.4, -0.2) is 7.05 Å². The fraction of sp³-hybridized carbons (Fsp3) is 0.200.